The minimum absolute atomic E-state index is 0.317. The normalized spacial score (nSPS) is 29.4. The van der Waals surface area contributed by atoms with Crippen LogP contribution in [0.2, 0.25) is 0 Å². The molecular weight excluding hydrogens is 194 g/mol. The van der Waals surface area contributed by atoms with Crippen LogP contribution in [-0.2, 0) is 5.41 Å². The monoisotopic (exact) mass is 213 g/mol. The summed E-state index contributed by atoms with van der Waals surface area (Å²) in [5.74, 6) is 0. The van der Waals surface area contributed by atoms with Crippen LogP contribution in [0.15, 0.2) is 35.3 Å². The lowest BCUT2D eigenvalue weighted by Gasteiger charge is -2.41. The molecule has 1 aliphatic carbocycles. The van der Waals surface area contributed by atoms with E-state index in [0.29, 0.717) is 5.41 Å². The molecule has 84 valence electrons. The van der Waals surface area contributed by atoms with E-state index < -0.39 is 0 Å². The number of nitrogens with zero attached hydrogens (tertiary/aromatic N) is 1. The van der Waals surface area contributed by atoms with Gasteiger partial charge in [0.15, 0.2) is 0 Å². The predicted octanol–water partition coefficient (Wildman–Crippen LogP) is 3.73. The zero-order valence-electron chi connectivity index (χ0n) is 9.78. The van der Waals surface area contributed by atoms with Crippen LogP contribution in [0.4, 0.5) is 0 Å². The average molecular weight is 213 g/mol. The second-order valence-electron chi connectivity index (χ2n) is 5.09. The Morgan fingerprint density at radius 3 is 2.62 bits per heavy atom. The van der Waals surface area contributed by atoms with Gasteiger partial charge in [0.05, 0.1) is 0 Å². The lowest BCUT2D eigenvalue weighted by atomic mass is 9.64. The molecular formula is C15H19N. The van der Waals surface area contributed by atoms with Crippen molar-refractivity contribution in [3.63, 3.8) is 0 Å². The van der Waals surface area contributed by atoms with Crippen molar-refractivity contribution >= 4 is 5.71 Å². The van der Waals surface area contributed by atoms with Gasteiger partial charge in [-0.15, -0.1) is 0 Å². The minimum atomic E-state index is 0.317. The number of fused-ring (bicyclic) bond motifs is 1. The van der Waals surface area contributed by atoms with E-state index in [1.54, 1.807) is 0 Å². The molecule has 1 aliphatic heterocycles. The van der Waals surface area contributed by atoms with Crippen molar-refractivity contribution in [3.05, 3.63) is 35.9 Å². The van der Waals surface area contributed by atoms with Gasteiger partial charge >= 0.3 is 0 Å². The first-order valence-electron chi connectivity index (χ1n) is 6.51. The molecule has 0 N–H and O–H groups in total. The predicted molar refractivity (Wildman–Crippen MR) is 68.1 cm³/mol. The summed E-state index contributed by atoms with van der Waals surface area (Å²) >= 11 is 0. The second kappa shape index (κ2) is 4.04. The molecule has 1 fully saturated rings. The summed E-state index contributed by atoms with van der Waals surface area (Å²) in [6.45, 7) is 1.06. The van der Waals surface area contributed by atoms with Crippen LogP contribution in [-0.4, -0.2) is 12.3 Å². The second-order valence-corrected chi connectivity index (χ2v) is 5.09. The van der Waals surface area contributed by atoms with Gasteiger partial charge < -0.3 is 0 Å². The first-order chi connectivity index (χ1) is 7.92. The maximum absolute atomic E-state index is 4.82. The van der Waals surface area contributed by atoms with Crippen molar-refractivity contribution in [2.75, 3.05) is 6.54 Å². The van der Waals surface area contributed by atoms with Crippen LogP contribution in [0.25, 0.3) is 0 Å². The third kappa shape index (κ3) is 1.50. The van der Waals surface area contributed by atoms with Crippen LogP contribution >= 0.6 is 0 Å². The van der Waals surface area contributed by atoms with Gasteiger partial charge in [-0.3, -0.25) is 4.99 Å². The largest absolute Gasteiger partial charge is 0.293 e. The van der Waals surface area contributed by atoms with Crippen LogP contribution in [0, 0.1) is 0 Å². The van der Waals surface area contributed by atoms with Gasteiger partial charge in [-0.05, 0) is 37.7 Å². The molecule has 1 atom stereocenters. The SMILES string of the molecule is c1ccc(C23CCCCC2=NCCC3)cc1. The molecule has 3 rings (SSSR count). The van der Waals surface area contributed by atoms with E-state index >= 15 is 0 Å². The molecule has 0 aromatic heterocycles. The van der Waals surface area contributed by atoms with Gasteiger partial charge in [-0.25, -0.2) is 0 Å². The molecule has 1 heteroatoms. The van der Waals surface area contributed by atoms with E-state index in [4.69, 9.17) is 4.99 Å². The Balaban J connectivity index is 2.06. The van der Waals surface area contributed by atoms with E-state index in [2.05, 4.69) is 30.3 Å². The quantitative estimate of drug-likeness (QED) is 0.674. The molecule has 1 saturated carbocycles. The van der Waals surface area contributed by atoms with Crippen molar-refractivity contribution in [1.82, 2.24) is 0 Å². The summed E-state index contributed by atoms with van der Waals surface area (Å²) in [6.07, 6.45) is 7.83. The summed E-state index contributed by atoms with van der Waals surface area (Å²) in [6, 6.07) is 11.1. The fraction of sp³-hybridized carbons (Fsp3) is 0.533. The van der Waals surface area contributed by atoms with E-state index in [1.165, 1.54) is 49.8 Å². The Hall–Kier alpha value is -1.11. The van der Waals surface area contributed by atoms with Crippen molar-refractivity contribution in [2.24, 2.45) is 4.99 Å². The molecule has 0 saturated heterocycles. The topological polar surface area (TPSA) is 12.4 Å². The molecule has 1 aromatic rings. The molecule has 0 bridgehead atoms. The molecule has 2 aliphatic rings. The summed E-state index contributed by atoms with van der Waals surface area (Å²) in [5.41, 5.74) is 3.32. The lowest BCUT2D eigenvalue weighted by molar-refractivity contribution is 0.400. The maximum Gasteiger partial charge on any atom is 0.0389 e. The fourth-order valence-electron chi connectivity index (χ4n) is 3.41. The number of hydrogen-bond acceptors (Lipinski definition) is 1. The first kappa shape index (κ1) is 10.1. The highest BCUT2D eigenvalue weighted by molar-refractivity contribution is 5.96. The molecule has 1 heterocycles. The van der Waals surface area contributed by atoms with Crippen molar-refractivity contribution in [2.45, 2.75) is 43.9 Å². The standard InChI is InChI=1S/C15H19N/c1-2-7-13(8-3-1)15-10-5-4-9-14(15)16-12-6-11-15/h1-3,7-8H,4-6,9-12H2. The maximum atomic E-state index is 4.82. The highest BCUT2D eigenvalue weighted by atomic mass is 14.8. The summed E-state index contributed by atoms with van der Waals surface area (Å²) in [4.78, 5) is 4.82. The molecule has 0 spiro atoms. The highest BCUT2D eigenvalue weighted by Crippen LogP contribution is 2.43. The lowest BCUT2D eigenvalue weighted by Crippen LogP contribution is -2.41. The van der Waals surface area contributed by atoms with Crippen LogP contribution in [0.5, 0.6) is 0 Å². The molecule has 1 aromatic carbocycles. The Labute approximate surface area is 97.6 Å². The smallest absolute Gasteiger partial charge is 0.0389 e. The molecule has 1 unspecified atom stereocenters. The third-order valence-corrected chi connectivity index (χ3v) is 4.21. The third-order valence-electron chi connectivity index (χ3n) is 4.21. The average Bonchev–Trinajstić information content (AvgIpc) is 2.40. The van der Waals surface area contributed by atoms with Crippen molar-refractivity contribution < 1.29 is 0 Å². The van der Waals surface area contributed by atoms with Gasteiger partial charge in [0, 0.05) is 17.7 Å². The molecule has 0 radical (unpaired) electrons. The zero-order valence-corrected chi connectivity index (χ0v) is 9.78. The van der Waals surface area contributed by atoms with Gasteiger partial charge in [0.2, 0.25) is 0 Å². The Morgan fingerprint density at radius 1 is 0.938 bits per heavy atom. The first-order valence-corrected chi connectivity index (χ1v) is 6.51. The fourth-order valence-corrected chi connectivity index (χ4v) is 3.41. The summed E-state index contributed by atoms with van der Waals surface area (Å²) < 4.78 is 0. The van der Waals surface area contributed by atoms with Crippen molar-refractivity contribution in [1.29, 1.82) is 0 Å². The van der Waals surface area contributed by atoms with E-state index in [1.807, 2.05) is 0 Å². The van der Waals surface area contributed by atoms with Gasteiger partial charge in [-0.1, -0.05) is 36.8 Å². The number of rotatable bonds is 1. The molecule has 16 heavy (non-hydrogen) atoms. The molecule has 0 amide bonds. The van der Waals surface area contributed by atoms with Crippen LogP contribution < -0.4 is 0 Å². The van der Waals surface area contributed by atoms with E-state index in [9.17, 15) is 0 Å². The summed E-state index contributed by atoms with van der Waals surface area (Å²) in [7, 11) is 0. The Bertz CT molecular complexity index is 393. The van der Waals surface area contributed by atoms with E-state index in [0.717, 1.165) is 6.54 Å². The summed E-state index contributed by atoms with van der Waals surface area (Å²) in [5, 5.41) is 0. The van der Waals surface area contributed by atoms with Gasteiger partial charge in [-0.2, -0.15) is 0 Å². The Kier molecular flexibility index (Phi) is 2.55. The van der Waals surface area contributed by atoms with Crippen LogP contribution in [0.1, 0.15) is 44.1 Å². The number of hydrogen-bond donors (Lipinski definition) is 0. The van der Waals surface area contributed by atoms with Crippen LogP contribution in [0.3, 0.4) is 0 Å². The van der Waals surface area contributed by atoms with E-state index in [-0.39, 0.29) is 0 Å². The minimum Gasteiger partial charge on any atom is -0.293 e. The van der Waals surface area contributed by atoms with Gasteiger partial charge in [0.25, 0.3) is 0 Å². The number of aliphatic imine (C=N–C) groups is 1. The number of benzene rings is 1. The Morgan fingerprint density at radius 2 is 1.75 bits per heavy atom. The highest BCUT2D eigenvalue weighted by Gasteiger charge is 2.40. The zero-order chi connectivity index (χ0) is 10.8. The van der Waals surface area contributed by atoms with Crippen molar-refractivity contribution in [3.8, 4) is 0 Å². The van der Waals surface area contributed by atoms with Gasteiger partial charge in [0.1, 0.15) is 0 Å². The molecule has 1 nitrogen and oxygen atoms in total.